The summed E-state index contributed by atoms with van der Waals surface area (Å²) in [7, 11) is 0. The second kappa shape index (κ2) is 7.92. The van der Waals surface area contributed by atoms with Crippen LogP contribution in [-0.2, 0) is 17.8 Å². The summed E-state index contributed by atoms with van der Waals surface area (Å²) in [5, 5.41) is 7.23. The summed E-state index contributed by atoms with van der Waals surface area (Å²) in [5.74, 6) is -0.337. The van der Waals surface area contributed by atoms with Crippen LogP contribution in [0.3, 0.4) is 0 Å². The van der Waals surface area contributed by atoms with Gasteiger partial charge >= 0.3 is 0 Å². The lowest BCUT2D eigenvalue weighted by Crippen LogP contribution is -2.32. The maximum atomic E-state index is 13.0. The fourth-order valence-electron chi connectivity index (χ4n) is 3.60. The van der Waals surface area contributed by atoms with Gasteiger partial charge < -0.3 is 15.0 Å². The van der Waals surface area contributed by atoms with Gasteiger partial charge in [0.05, 0.1) is 6.10 Å². The number of carbonyl (C=O) groups excluding carboxylic acids is 2. The Morgan fingerprint density at radius 2 is 2.07 bits per heavy atom. The fraction of sp³-hybridized carbons (Fsp3) is 0.450. The van der Waals surface area contributed by atoms with Crippen molar-refractivity contribution >= 4 is 11.8 Å². The van der Waals surface area contributed by atoms with Crippen molar-refractivity contribution in [1.29, 1.82) is 0 Å². The van der Waals surface area contributed by atoms with E-state index in [4.69, 9.17) is 4.74 Å². The van der Waals surface area contributed by atoms with Gasteiger partial charge in [-0.3, -0.25) is 14.3 Å². The smallest absolute Gasteiger partial charge is 0.272 e. The third kappa shape index (κ3) is 4.03. The van der Waals surface area contributed by atoms with E-state index >= 15 is 0 Å². The summed E-state index contributed by atoms with van der Waals surface area (Å²) in [6.07, 6.45) is 2.89. The molecule has 1 N–H and O–H groups in total. The highest BCUT2D eigenvalue weighted by molar-refractivity contribution is 5.98. The predicted molar refractivity (Wildman–Crippen MR) is 99.3 cm³/mol. The third-order valence-electron chi connectivity index (χ3n) is 5.05. The molecule has 1 atom stereocenters. The van der Waals surface area contributed by atoms with Crippen molar-refractivity contribution in [2.45, 2.75) is 38.5 Å². The van der Waals surface area contributed by atoms with Crippen LogP contribution in [0.15, 0.2) is 36.4 Å². The van der Waals surface area contributed by atoms with Gasteiger partial charge in [0.2, 0.25) is 0 Å². The highest BCUT2D eigenvalue weighted by atomic mass is 16.5. The minimum absolute atomic E-state index is 0.0809. The Morgan fingerprint density at radius 1 is 1.22 bits per heavy atom. The van der Waals surface area contributed by atoms with E-state index in [0.29, 0.717) is 31.9 Å². The molecule has 7 heteroatoms. The second-order valence-corrected chi connectivity index (χ2v) is 7.05. The Kier molecular flexibility index (Phi) is 5.20. The van der Waals surface area contributed by atoms with Crippen molar-refractivity contribution < 1.29 is 14.3 Å². The summed E-state index contributed by atoms with van der Waals surface area (Å²) in [6, 6.07) is 11.5. The molecule has 1 aromatic heterocycles. The van der Waals surface area contributed by atoms with Crippen LogP contribution in [0.2, 0.25) is 0 Å². The number of fused-ring (bicyclic) bond motifs is 1. The number of amides is 2. The van der Waals surface area contributed by atoms with Crippen molar-refractivity contribution in [3.8, 4) is 0 Å². The first-order chi connectivity index (χ1) is 13.2. The number of rotatable bonds is 5. The molecule has 0 saturated carbocycles. The van der Waals surface area contributed by atoms with Gasteiger partial charge in [0, 0.05) is 38.9 Å². The molecule has 1 saturated heterocycles. The van der Waals surface area contributed by atoms with E-state index < -0.39 is 0 Å². The van der Waals surface area contributed by atoms with Gasteiger partial charge in [-0.1, -0.05) is 30.3 Å². The molecular weight excluding hydrogens is 344 g/mol. The Morgan fingerprint density at radius 3 is 2.85 bits per heavy atom. The van der Waals surface area contributed by atoms with Gasteiger partial charge in [-0.25, -0.2) is 0 Å². The predicted octanol–water partition coefficient (Wildman–Crippen LogP) is 1.84. The molecule has 4 rings (SSSR count). The standard InChI is InChI=1S/C20H24N4O3/c25-19(21-13-16-8-4-11-27-16)17-12-18-20(26)23(9-5-10-24(18)22-17)14-15-6-2-1-3-7-15/h1-3,6-7,12,16H,4-5,8-11,13-14H2,(H,21,25). The van der Waals surface area contributed by atoms with Gasteiger partial charge in [-0.2, -0.15) is 5.10 Å². The number of aryl methyl sites for hydroxylation is 1. The molecule has 2 amide bonds. The quantitative estimate of drug-likeness (QED) is 0.874. The van der Waals surface area contributed by atoms with Crippen LogP contribution in [-0.4, -0.2) is 52.3 Å². The van der Waals surface area contributed by atoms with E-state index in [1.807, 2.05) is 35.2 Å². The topological polar surface area (TPSA) is 76.5 Å². The van der Waals surface area contributed by atoms with Crippen molar-refractivity contribution in [2.75, 3.05) is 19.7 Å². The summed E-state index contributed by atoms with van der Waals surface area (Å²) in [5.41, 5.74) is 1.86. The lowest BCUT2D eigenvalue weighted by molar-refractivity contribution is 0.0745. The molecule has 1 fully saturated rings. The lowest BCUT2D eigenvalue weighted by atomic mass is 10.2. The van der Waals surface area contributed by atoms with Gasteiger partial charge in [-0.05, 0) is 24.8 Å². The highest BCUT2D eigenvalue weighted by Gasteiger charge is 2.26. The zero-order valence-corrected chi connectivity index (χ0v) is 15.3. The number of nitrogens with one attached hydrogen (secondary N) is 1. The number of hydrogen-bond acceptors (Lipinski definition) is 4. The van der Waals surface area contributed by atoms with Crippen molar-refractivity contribution in [2.24, 2.45) is 0 Å². The van der Waals surface area contributed by atoms with Crippen LogP contribution in [0.5, 0.6) is 0 Å². The molecule has 0 spiro atoms. The molecule has 2 aliphatic heterocycles. The Hall–Kier alpha value is -2.67. The lowest BCUT2D eigenvalue weighted by Gasteiger charge is -2.20. The summed E-state index contributed by atoms with van der Waals surface area (Å²) in [6.45, 7) is 3.11. The average molecular weight is 368 g/mol. The van der Waals surface area contributed by atoms with E-state index in [9.17, 15) is 9.59 Å². The van der Waals surface area contributed by atoms with Crippen molar-refractivity contribution in [1.82, 2.24) is 20.0 Å². The van der Waals surface area contributed by atoms with Gasteiger partial charge in [0.15, 0.2) is 5.69 Å². The zero-order valence-electron chi connectivity index (χ0n) is 15.3. The van der Waals surface area contributed by atoms with Crippen LogP contribution in [0.25, 0.3) is 0 Å². The molecule has 3 heterocycles. The Bertz CT molecular complexity index is 812. The maximum absolute atomic E-state index is 13.0. The molecule has 2 aromatic rings. The first-order valence-corrected chi connectivity index (χ1v) is 9.51. The van der Waals surface area contributed by atoms with Crippen LogP contribution in [0.4, 0.5) is 0 Å². The number of nitrogens with zero attached hydrogens (tertiary/aromatic N) is 3. The van der Waals surface area contributed by atoms with Crippen molar-refractivity contribution in [3.05, 3.63) is 53.3 Å². The number of aromatic nitrogens is 2. The maximum Gasteiger partial charge on any atom is 0.272 e. The molecule has 1 aromatic carbocycles. The van der Waals surface area contributed by atoms with Gasteiger partial charge in [-0.15, -0.1) is 0 Å². The summed E-state index contributed by atoms with van der Waals surface area (Å²) >= 11 is 0. The first kappa shape index (κ1) is 17.7. The van der Waals surface area contributed by atoms with E-state index in [0.717, 1.165) is 31.4 Å². The molecule has 0 aliphatic carbocycles. The zero-order chi connectivity index (χ0) is 18.6. The number of carbonyl (C=O) groups is 2. The van der Waals surface area contributed by atoms with Crippen LogP contribution >= 0.6 is 0 Å². The van der Waals surface area contributed by atoms with Crippen LogP contribution in [0.1, 0.15) is 45.8 Å². The molecule has 0 bridgehead atoms. The summed E-state index contributed by atoms with van der Waals surface area (Å²) in [4.78, 5) is 27.2. The number of ether oxygens (including phenoxy) is 1. The number of benzene rings is 1. The molecule has 142 valence electrons. The van der Waals surface area contributed by atoms with Crippen molar-refractivity contribution in [3.63, 3.8) is 0 Å². The van der Waals surface area contributed by atoms with E-state index in [-0.39, 0.29) is 23.6 Å². The molecule has 1 unspecified atom stereocenters. The third-order valence-corrected chi connectivity index (χ3v) is 5.05. The fourth-order valence-corrected chi connectivity index (χ4v) is 3.60. The highest BCUT2D eigenvalue weighted by Crippen LogP contribution is 2.17. The number of hydrogen-bond donors (Lipinski definition) is 1. The average Bonchev–Trinajstić information content (AvgIpc) is 3.33. The Labute approximate surface area is 158 Å². The van der Waals surface area contributed by atoms with Gasteiger partial charge in [0.1, 0.15) is 5.69 Å². The Balaban J connectivity index is 1.45. The normalized spacial score (nSPS) is 19.6. The monoisotopic (exact) mass is 368 g/mol. The second-order valence-electron chi connectivity index (χ2n) is 7.05. The molecule has 27 heavy (non-hydrogen) atoms. The molecule has 7 nitrogen and oxygen atoms in total. The first-order valence-electron chi connectivity index (χ1n) is 9.51. The largest absolute Gasteiger partial charge is 0.376 e. The van der Waals surface area contributed by atoms with E-state index in [2.05, 4.69) is 10.4 Å². The molecular formula is C20H24N4O3. The minimum atomic E-state index is -0.256. The van der Waals surface area contributed by atoms with Crippen LogP contribution < -0.4 is 5.32 Å². The van der Waals surface area contributed by atoms with E-state index in [1.165, 1.54) is 0 Å². The molecule has 0 radical (unpaired) electrons. The molecule has 2 aliphatic rings. The SMILES string of the molecule is O=C(NCC1CCCO1)c1cc2n(n1)CCCN(Cc1ccccc1)C2=O. The van der Waals surface area contributed by atoms with Crippen LogP contribution in [0, 0.1) is 0 Å². The van der Waals surface area contributed by atoms with Gasteiger partial charge in [0.25, 0.3) is 11.8 Å². The van der Waals surface area contributed by atoms with E-state index in [1.54, 1.807) is 10.7 Å². The summed E-state index contributed by atoms with van der Waals surface area (Å²) < 4.78 is 7.18. The minimum Gasteiger partial charge on any atom is -0.376 e.